The SMILES string of the molecule is O=C([C@@H]1CCCc2nn(Cc3ccnc(C(F)(F)F)c3F)c(=O)n21)N1CCC(F)(F)C1. The van der Waals surface area contributed by atoms with Crippen LogP contribution in [0.4, 0.5) is 26.3 Å². The van der Waals surface area contributed by atoms with Gasteiger partial charge in [0, 0.05) is 31.1 Å². The fraction of sp³-hybridized carbons (Fsp3) is 0.556. The number of aryl methyl sites for hydroxylation is 1. The van der Waals surface area contributed by atoms with Crippen molar-refractivity contribution < 1.29 is 31.1 Å². The van der Waals surface area contributed by atoms with Gasteiger partial charge in [-0.15, -0.1) is 0 Å². The molecule has 13 heteroatoms. The van der Waals surface area contributed by atoms with E-state index in [0.29, 0.717) is 12.8 Å². The molecule has 2 aliphatic rings. The second-order valence-electron chi connectivity index (χ2n) is 7.63. The van der Waals surface area contributed by atoms with Gasteiger partial charge in [-0.25, -0.2) is 27.6 Å². The number of alkyl halides is 5. The number of likely N-dealkylation sites (tertiary alicyclic amines) is 1. The van der Waals surface area contributed by atoms with Gasteiger partial charge in [0.25, 0.3) is 5.92 Å². The lowest BCUT2D eigenvalue weighted by Gasteiger charge is -2.27. The number of amides is 1. The summed E-state index contributed by atoms with van der Waals surface area (Å²) in [6.07, 6.45) is -3.67. The fourth-order valence-electron chi connectivity index (χ4n) is 3.97. The zero-order valence-electron chi connectivity index (χ0n) is 16.0. The van der Waals surface area contributed by atoms with Gasteiger partial charge in [-0.2, -0.15) is 18.3 Å². The van der Waals surface area contributed by atoms with Gasteiger partial charge in [-0.1, -0.05) is 0 Å². The van der Waals surface area contributed by atoms with Gasteiger partial charge in [0.15, 0.2) is 11.5 Å². The quantitative estimate of drug-likeness (QED) is 0.675. The molecule has 4 heterocycles. The van der Waals surface area contributed by atoms with Crippen molar-refractivity contribution >= 4 is 5.91 Å². The van der Waals surface area contributed by atoms with Crippen LogP contribution in [0.25, 0.3) is 0 Å². The van der Waals surface area contributed by atoms with E-state index >= 15 is 0 Å². The lowest BCUT2D eigenvalue weighted by molar-refractivity contribution is -0.143. The molecular weight excluding hydrogens is 432 g/mol. The average molecular weight is 449 g/mol. The minimum absolute atomic E-state index is 0.136. The van der Waals surface area contributed by atoms with Gasteiger partial charge in [-0.3, -0.25) is 9.36 Å². The zero-order valence-corrected chi connectivity index (χ0v) is 16.0. The van der Waals surface area contributed by atoms with E-state index in [2.05, 4.69) is 10.1 Å². The third-order valence-electron chi connectivity index (χ3n) is 5.45. The van der Waals surface area contributed by atoms with Crippen molar-refractivity contribution in [2.75, 3.05) is 13.1 Å². The van der Waals surface area contributed by atoms with Crippen molar-refractivity contribution in [2.45, 2.75) is 50.4 Å². The molecule has 0 aromatic carbocycles. The number of carbonyl (C=O) groups excluding carboxylic acids is 1. The van der Waals surface area contributed by atoms with Crippen LogP contribution in [0.5, 0.6) is 0 Å². The van der Waals surface area contributed by atoms with E-state index in [9.17, 15) is 35.9 Å². The van der Waals surface area contributed by atoms with E-state index in [1.54, 1.807) is 0 Å². The summed E-state index contributed by atoms with van der Waals surface area (Å²) < 4.78 is 81.8. The first-order valence-electron chi connectivity index (χ1n) is 9.53. The third-order valence-corrected chi connectivity index (χ3v) is 5.45. The van der Waals surface area contributed by atoms with Crippen molar-refractivity contribution in [3.05, 3.63) is 45.6 Å². The van der Waals surface area contributed by atoms with Crippen LogP contribution in [0.15, 0.2) is 17.1 Å². The molecule has 31 heavy (non-hydrogen) atoms. The van der Waals surface area contributed by atoms with Crippen LogP contribution >= 0.6 is 0 Å². The topological polar surface area (TPSA) is 73.0 Å². The molecule has 2 aliphatic heterocycles. The molecule has 1 atom stereocenters. The minimum Gasteiger partial charge on any atom is -0.335 e. The predicted molar refractivity (Wildman–Crippen MR) is 92.9 cm³/mol. The Bertz CT molecular complexity index is 1080. The second kappa shape index (κ2) is 7.38. The third kappa shape index (κ3) is 3.92. The Hall–Kier alpha value is -2.86. The number of halogens is 6. The highest BCUT2D eigenvalue weighted by Crippen LogP contribution is 2.32. The molecule has 1 amide bonds. The highest BCUT2D eigenvalue weighted by molar-refractivity contribution is 5.81. The molecule has 0 unspecified atom stereocenters. The molecule has 1 fully saturated rings. The monoisotopic (exact) mass is 449 g/mol. The van der Waals surface area contributed by atoms with E-state index in [1.165, 1.54) is 0 Å². The second-order valence-corrected chi connectivity index (χ2v) is 7.63. The maximum absolute atomic E-state index is 14.3. The Balaban J connectivity index is 1.64. The van der Waals surface area contributed by atoms with E-state index in [-0.39, 0.29) is 18.8 Å². The van der Waals surface area contributed by atoms with Crippen molar-refractivity contribution in [3.63, 3.8) is 0 Å². The largest absolute Gasteiger partial charge is 0.436 e. The van der Waals surface area contributed by atoms with Gasteiger partial charge in [0.05, 0.1) is 13.1 Å². The molecule has 168 valence electrons. The van der Waals surface area contributed by atoms with Crippen LogP contribution in [0, 0.1) is 5.82 Å². The Labute approximate surface area is 171 Å². The minimum atomic E-state index is -5.01. The maximum Gasteiger partial charge on any atom is 0.436 e. The van der Waals surface area contributed by atoms with Crippen LogP contribution in [0.1, 0.15) is 42.4 Å². The van der Waals surface area contributed by atoms with Gasteiger partial charge in [0.1, 0.15) is 11.9 Å². The maximum atomic E-state index is 14.3. The normalized spacial score (nSPS) is 20.7. The van der Waals surface area contributed by atoms with Crippen molar-refractivity contribution in [1.29, 1.82) is 0 Å². The number of hydrogen-bond donors (Lipinski definition) is 0. The summed E-state index contributed by atoms with van der Waals surface area (Å²) in [5.74, 6) is -5.03. The number of pyridine rings is 1. The first-order valence-corrected chi connectivity index (χ1v) is 9.53. The standard InChI is InChI=1S/C18H17F6N5O2/c19-13-10(4-6-25-14(13)18(22,23)24)8-28-16(31)29-11(2-1-3-12(29)26-28)15(30)27-7-5-17(20,21)9-27/h4,6,11H,1-3,5,7-9H2/t11-/m0/s1. The van der Waals surface area contributed by atoms with Crippen LogP contribution in [0.3, 0.4) is 0 Å². The summed E-state index contributed by atoms with van der Waals surface area (Å²) in [5.41, 5.74) is -2.96. The Morgan fingerprint density at radius 2 is 2.03 bits per heavy atom. The number of nitrogens with zero attached hydrogens (tertiary/aromatic N) is 5. The summed E-state index contributed by atoms with van der Waals surface area (Å²) in [6.45, 7) is -1.47. The molecule has 0 saturated carbocycles. The lowest BCUT2D eigenvalue weighted by atomic mass is 10.0. The Morgan fingerprint density at radius 1 is 1.29 bits per heavy atom. The highest BCUT2D eigenvalue weighted by Gasteiger charge is 2.43. The van der Waals surface area contributed by atoms with E-state index in [1.807, 2.05) is 0 Å². The number of hydrogen-bond acceptors (Lipinski definition) is 4. The van der Waals surface area contributed by atoms with Crippen molar-refractivity contribution in [3.8, 4) is 0 Å². The predicted octanol–water partition coefficient (Wildman–Crippen LogP) is 2.39. The number of aromatic nitrogens is 4. The summed E-state index contributed by atoms with van der Waals surface area (Å²) >= 11 is 0. The van der Waals surface area contributed by atoms with Crippen molar-refractivity contribution in [2.24, 2.45) is 0 Å². The van der Waals surface area contributed by atoms with E-state index in [4.69, 9.17) is 0 Å². The van der Waals surface area contributed by atoms with Crippen LogP contribution in [0.2, 0.25) is 0 Å². The molecule has 0 radical (unpaired) electrons. The molecular formula is C18H17F6N5O2. The molecule has 0 spiro atoms. The summed E-state index contributed by atoms with van der Waals surface area (Å²) in [6, 6.07) is -0.0310. The number of rotatable bonds is 3. The van der Waals surface area contributed by atoms with E-state index < -0.39 is 66.3 Å². The van der Waals surface area contributed by atoms with E-state index in [0.717, 1.165) is 26.4 Å². The van der Waals surface area contributed by atoms with Crippen LogP contribution < -0.4 is 5.69 Å². The molecule has 2 aromatic heterocycles. The number of carbonyl (C=O) groups is 1. The first kappa shape index (κ1) is 21.4. The van der Waals surface area contributed by atoms with Gasteiger partial charge in [0.2, 0.25) is 5.91 Å². The molecule has 0 aliphatic carbocycles. The molecule has 1 saturated heterocycles. The zero-order chi connectivity index (χ0) is 22.6. The molecule has 0 N–H and O–H groups in total. The fourth-order valence-corrected chi connectivity index (χ4v) is 3.97. The van der Waals surface area contributed by atoms with Gasteiger partial charge >= 0.3 is 11.9 Å². The molecule has 2 aromatic rings. The first-order chi connectivity index (χ1) is 14.5. The molecule has 0 bridgehead atoms. The molecule has 4 rings (SSSR count). The molecule has 7 nitrogen and oxygen atoms in total. The Morgan fingerprint density at radius 3 is 2.68 bits per heavy atom. The van der Waals surface area contributed by atoms with Gasteiger partial charge < -0.3 is 4.90 Å². The Kier molecular flexibility index (Phi) is 5.09. The van der Waals surface area contributed by atoms with Crippen LogP contribution in [-0.4, -0.2) is 49.2 Å². The lowest BCUT2D eigenvalue weighted by Crippen LogP contribution is -2.42. The van der Waals surface area contributed by atoms with Crippen molar-refractivity contribution in [1.82, 2.24) is 24.2 Å². The smallest absolute Gasteiger partial charge is 0.335 e. The van der Waals surface area contributed by atoms with Gasteiger partial charge in [-0.05, 0) is 18.9 Å². The van der Waals surface area contributed by atoms with Crippen LogP contribution in [-0.2, 0) is 23.9 Å². The number of fused-ring (bicyclic) bond motifs is 1. The highest BCUT2D eigenvalue weighted by atomic mass is 19.4. The summed E-state index contributed by atoms with van der Waals surface area (Å²) in [5, 5.41) is 4.05. The summed E-state index contributed by atoms with van der Waals surface area (Å²) in [7, 11) is 0. The average Bonchev–Trinajstić information content (AvgIpc) is 3.21. The summed E-state index contributed by atoms with van der Waals surface area (Å²) in [4.78, 5) is 29.6.